The number of pyridine rings is 1. The molecule has 1 N–H and O–H groups in total. The van der Waals surface area contributed by atoms with Crippen molar-refractivity contribution in [1.29, 1.82) is 0 Å². The first-order chi connectivity index (χ1) is 8.72. The highest BCUT2D eigenvalue weighted by Gasteiger charge is 2.16. The van der Waals surface area contributed by atoms with Crippen LogP contribution in [-0.4, -0.2) is 17.2 Å². The molecule has 1 atom stereocenters. The summed E-state index contributed by atoms with van der Waals surface area (Å²) in [5.41, 5.74) is 0.876. The van der Waals surface area contributed by atoms with Crippen LogP contribution in [0.25, 0.3) is 0 Å². The van der Waals surface area contributed by atoms with Gasteiger partial charge in [0.15, 0.2) is 0 Å². The molecule has 2 rings (SSSR count). The zero-order valence-corrected chi connectivity index (χ0v) is 10.0. The van der Waals surface area contributed by atoms with Gasteiger partial charge in [0.25, 0.3) is 0 Å². The molecule has 3 nitrogen and oxygen atoms in total. The number of aliphatic hydroxyl groups is 1. The highest BCUT2D eigenvalue weighted by molar-refractivity contribution is 5.34. The fourth-order valence-corrected chi connectivity index (χ4v) is 1.82. The Kier molecular flexibility index (Phi) is 3.89. The van der Waals surface area contributed by atoms with Crippen molar-refractivity contribution in [2.75, 3.05) is 7.11 Å². The van der Waals surface area contributed by atoms with Gasteiger partial charge >= 0.3 is 0 Å². The van der Waals surface area contributed by atoms with E-state index in [2.05, 4.69) is 4.98 Å². The maximum atomic E-state index is 13.5. The number of rotatable bonds is 4. The standard InChI is InChI=1S/C14H14FNO2/c1-18-13-7-3-2-5-10(13)9-12(17)14-11(15)6-4-8-16-14/h2-8,12,17H,9H2,1H3. The average Bonchev–Trinajstić information content (AvgIpc) is 2.39. The molecule has 18 heavy (non-hydrogen) atoms. The van der Waals surface area contributed by atoms with E-state index in [1.807, 2.05) is 18.2 Å². The average molecular weight is 247 g/mol. The third-order valence-corrected chi connectivity index (χ3v) is 2.71. The summed E-state index contributed by atoms with van der Waals surface area (Å²) in [6.07, 6.45) is 0.740. The van der Waals surface area contributed by atoms with E-state index in [1.165, 1.54) is 18.3 Å². The molecule has 1 aromatic carbocycles. The zero-order valence-electron chi connectivity index (χ0n) is 10.0. The molecule has 0 spiro atoms. The number of halogens is 1. The van der Waals surface area contributed by atoms with Gasteiger partial charge in [0, 0.05) is 12.6 Å². The fourth-order valence-electron chi connectivity index (χ4n) is 1.82. The molecule has 94 valence electrons. The summed E-state index contributed by atoms with van der Waals surface area (Å²) in [6, 6.07) is 10.1. The first-order valence-electron chi connectivity index (χ1n) is 5.62. The van der Waals surface area contributed by atoms with Crippen molar-refractivity contribution in [3.63, 3.8) is 0 Å². The van der Waals surface area contributed by atoms with Gasteiger partial charge in [0.2, 0.25) is 0 Å². The number of benzene rings is 1. The Labute approximate surface area is 105 Å². The highest BCUT2D eigenvalue weighted by Crippen LogP contribution is 2.24. The second-order valence-corrected chi connectivity index (χ2v) is 3.90. The lowest BCUT2D eigenvalue weighted by Crippen LogP contribution is -2.07. The lowest BCUT2D eigenvalue weighted by atomic mass is 10.0. The number of hydrogen-bond acceptors (Lipinski definition) is 3. The van der Waals surface area contributed by atoms with Crippen LogP contribution in [0.4, 0.5) is 4.39 Å². The largest absolute Gasteiger partial charge is 0.496 e. The maximum Gasteiger partial charge on any atom is 0.147 e. The molecule has 0 fully saturated rings. The summed E-state index contributed by atoms with van der Waals surface area (Å²) in [7, 11) is 1.56. The molecule has 4 heteroatoms. The Morgan fingerprint density at radius 3 is 2.78 bits per heavy atom. The first kappa shape index (κ1) is 12.5. The summed E-state index contributed by atoms with van der Waals surface area (Å²) in [6.45, 7) is 0. The molecule has 0 aliphatic carbocycles. The van der Waals surface area contributed by atoms with E-state index in [-0.39, 0.29) is 12.1 Å². The van der Waals surface area contributed by atoms with Crippen molar-refractivity contribution in [1.82, 2.24) is 4.98 Å². The number of hydrogen-bond donors (Lipinski definition) is 1. The number of methoxy groups -OCH3 is 1. The van der Waals surface area contributed by atoms with E-state index in [9.17, 15) is 9.50 Å². The predicted octanol–water partition coefficient (Wildman–Crippen LogP) is 2.51. The van der Waals surface area contributed by atoms with E-state index in [0.29, 0.717) is 5.75 Å². The van der Waals surface area contributed by atoms with E-state index in [4.69, 9.17) is 4.74 Å². The van der Waals surface area contributed by atoms with Crippen molar-refractivity contribution in [2.45, 2.75) is 12.5 Å². The minimum absolute atomic E-state index is 0.0587. The summed E-state index contributed by atoms with van der Waals surface area (Å²) in [5, 5.41) is 10.0. The number of nitrogens with zero attached hydrogens (tertiary/aromatic N) is 1. The molecule has 2 aromatic rings. The van der Waals surface area contributed by atoms with Gasteiger partial charge in [-0.25, -0.2) is 4.39 Å². The van der Waals surface area contributed by atoms with Gasteiger partial charge in [-0.15, -0.1) is 0 Å². The van der Waals surface area contributed by atoms with E-state index < -0.39 is 11.9 Å². The number of para-hydroxylation sites is 1. The van der Waals surface area contributed by atoms with Crippen LogP contribution in [0.15, 0.2) is 42.6 Å². The van der Waals surface area contributed by atoms with E-state index >= 15 is 0 Å². The number of aliphatic hydroxyl groups excluding tert-OH is 1. The molecular formula is C14H14FNO2. The minimum atomic E-state index is -0.984. The van der Waals surface area contributed by atoms with Crippen LogP contribution < -0.4 is 4.74 Å². The van der Waals surface area contributed by atoms with Crippen molar-refractivity contribution < 1.29 is 14.2 Å². The monoisotopic (exact) mass is 247 g/mol. The van der Waals surface area contributed by atoms with Gasteiger partial charge in [0.1, 0.15) is 23.4 Å². The quantitative estimate of drug-likeness (QED) is 0.902. The number of ether oxygens (including phenoxy) is 1. The van der Waals surface area contributed by atoms with Gasteiger partial charge in [-0.05, 0) is 23.8 Å². The van der Waals surface area contributed by atoms with Gasteiger partial charge in [-0.2, -0.15) is 0 Å². The molecule has 0 aliphatic rings. The third kappa shape index (κ3) is 2.65. The molecule has 0 saturated carbocycles. The molecule has 1 aromatic heterocycles. The molecule has 0 aliphatic heterocycles. The molecule has 1 heterocycles. The topological polar surface area (TPSA) is 42.4 Å². The van der Waals surface area contributed by atoms with Gasteiger partial charge < -0.3 is 9.84 Å². The van der Waals surface area contributed by atoms with Gasteiger partial charge in [-0.3, -0.25) is 4.98 Å². The zero-order chi connectivity index (χ0) is 13.0. The lowest BCUT2D eigenvalue weighted by molar-refractivity contribution is 0.167. The smallest absolute Gasteiger partial charge is 0.147 e. The second-order valence-electron chi connectivity index (χ2n) is 3.90. The first-order valence-corrected chi connectivity index (χ1v) is 5.62. The second kappa shape index (κ2) is 5.60. The molecule has 1 unspecified atom stereocenters. The van der Waals surface area contributed by atoms with Crippen LogP contribution in [0, 0.1) is 5.82 Å². The van der Waals surface area contributed by atoms with E-state index in [1.54, 1.807) is 13.2 Å². The Morgan fingerprint density at radius 2 is 2.06 bits per heavy atom. The lowest BCUT2D eigenvalue weighted by Gasteiger charge is -2.13. The summed E-state index contributed by atoms with van der Waals surface area (Å²) < 4.78 is 18.7. The number of aromatic nitrogens is 1. The van der Waals surface area contributed by atoms with E-state index in [0.717, 1.165) is 5.56 Å². The Hall–Kier alpha value is -1.94. The highest BCUT2D eigenvalue weighted by atomic mass is 19.1. The van der Waals surface area contributed by atoms with Crippen molar-refractivity contribution >= 4 is 0 Å². The van der Waals surface area contributed by atoms with Gasteiger partial charge in [-0.1, -0.05) is 18.2 Å². The van der Waals surface area contributed by atoms with Crippen molar-refractivity contribution in [3.05, 3.63) is 59.7 Å². The molecule has 0 bridgehead atoms. The Bertz CT molecular complexity index is 531. The Morgan fingerprint density at radius 1 is 1.28 bits per heavy atom. The van der Waals surface area contributed by atoms with Crippen LogP contribution in [0.2, 0.25) is 0 Å². The van der Waals surface area contributed by atoms with Crippen LogP contribution in [0.5, 0.6) is 5.75 Å². The summed E-state index contributed by atoms with van der Waals surface area (Å²) >= 11 is 0. The van der Waals surface area contributed by atoms with Crippen molar-refractivity contribution in [2.24, 2.45) is 0 Å². The summed E-state index contributed by atoms with van der Waals surface area (Å²) in [5.74, 6) is 0.174. The molecule has 0 amide bonds. The van der Waals surface area contributed by atoms with Crippen LogP contribution in [-0.2, 0) is 6.42 Å². The Balaban J connectivity index is 2.21. The SMILES string of the molecule is COc1ccccc1CC(O)c1ncccc1F. The molecular weight excluding hydrogens is 233 g/mol. The predicted molar refractivity (Wildman–Crippen MR) is 65.9 cm³/mol. The van der Waals surface area contributed by atoms with Crippen LogP contribution in [0.1, 0.15) is 17.4 Å². The fraction of sp³-hybridized carbons (Fsp3) is 0.214. The normalized spacial score (nSPS) is 12.2. The molecule has 0 saturated heterocycles. The minimum Gasteiger partial charge on any atom is -0.496 e. The van der Waals surface area contributed by atoms with Gasteiger partial charge in [0.05, 0.1) is 7.11 Å². The van der Waals surface area contributed by atoms with Crippen molar-refractivity contribution in [3.8, 4) is 5.75 Å². The molecule has 0 radical (unpaired) electrons. The van der Waals surface area contributed by atoms with Crippen LogP contribution >= 0.6 is 0 Å². The summed E-state index contributed by atoms with van der Waals surface area (Å²) in [4.78, 5) is 3.86. The third-order valence-electron chi connectivity index (χ3n) is 2.71. The maximum absolute atomic E-state index is 13.5. The van der Waals surface area contributed by atoms with Crippen LogP contribution in [0.3, 0.4) is 0 Å².